The van der Waals surface area contributed by atoms with E-state index in [1.807, 2.05) is 0 Å². The van der Waals surface area contributed by atoms with Gasteiger partial charge < -0.3 is 9.80 Å². The Labute approximate surface area is 242 Å². The van der Waals surface area contributed by atoms with E-state index in [-0.39, 0.29) is 0 Å². The largest absolute Gasteiger partial charge is 0.316 e. The molecule has 0 radical (unpaired) electrons. The summed E-state index contributed by atoms with van der Waals surface area (Å²) < 4.78 is 0. The molecule has 0 N–H and O–H groups in total. The van der Waals surface area contributed by atoms with Crippen LogP contribution in [0.1, 0.15) is 19.4 Å². The van der Waals surface area contributed by atoms with E-state index in [1.165, 1.54) is 49.3 Å². The molecule has 2 aliphatic heterocycles. The van der Waals surface area contributed by atoms with Crippen molar-refractivity contribution in [2.75, 3.05) is 21.8 Å². The highest BCUT2D eigenvalue weighted by Crippen LogP contribution is 2.63. The summed E-state index contributed by atoms with van der Waals surface area (Å²) in [4.78, 5) is 7.79. The monoisotopic (exact) mass is 542 g/mol. The van der Waals surface area contributed by atoms with Crippen LogP contribution in [0.4, 0.5) is 22.7 Å². The van der Waals surface area contributed by atoms with Crippen LogP contribution in [-0.2, 0) is 0 Å². The van der Waals surface area contributed by atoms with Crippen LogP contribution in [0, 0.1) is 6.92 Å². The maximum absolute atomic E-state index is 4.57. The van der Waals surface area contributed by atoms with Crippen molar-refractivity contribution in [3.8, 4) is 0 Å². The highest BCUT2D eigenvalue weighted by atomic mass is 32.3. The minimum atomic E-state index is -1.28. The summed E-state index contributed by atoms with van der Waals surface area (Å²) in [6.45, 7) is 17.6. The quantitative estimate of drug-likeness (QED) is 0.183. The van der Waals surface area contributed by atoms with Gasteiger partial charge in [0.1, 0.15) is 0 Å². The first-order valence-corrected chi connectivity index (χ1v) is 16.2. The number of para-hydroxylation sites is 1. The Kier molecular flexibility index (Phi) is 7.82. The van der Waals surface area contributed by atoms with E-state index in [1.54, 1.807) is 0 Å². The van der Waals surface area contributed by atoms with Gasteiger partial charge in [0.15, 0.2) is 0 Å². The SMILES string of the molecule is C=C.C=C1CB2C=C(C)N(c3ccccc3)c3c(S(C)(CC)c4ccccc4)ccc(c32)N1c1ccc(C)cc1. The Morgan fingerprint density at radius 2 is 1.38 bits per heavy atom. The Bertz CT molecular complexity index is 1550. The summed E-state index contributed by atoms with van der Waals surface area (Å²) in [6.07, 6.45) is 3.41. The second-order valence-electron chi connectivity index (χ2n) is 10.6. The lowest BCUT2D eigenvalue weighted by Crippen LogP contribution is -2.47. The summed E-state index contributed by atoms with van der Waals surface area (Å²) in [7, 11) is -1.28. The molecule has 1 atom stereocenters. The first kappa shape index (κ1) is 27.7. The fourth-order valence-corrected chi connectivity index (χ4v) is 8.78. The highest BCUT2D eigenvalue weighted by molar-refractivity contribution is 8.33. The van der Waals surface area contributed by atoms with Crippen molar-refractivity contribution in [1.29, 1.82) is 0 Å². The molecule has 0 spiro atoms. The number of anilines is 4. The van der Waals surface area contributed by atoms with Gasteiger partial charge in [-0.25, -0.2) is 0 Å². The van der Waals surface area contributed by atoms with Gasteiger partial charge in [0.2, 0.25) is 6.71 Å². The fourth-order valence-electron chi connectivity index (χ4n) is 6.13. The molecule has 40 heavy (non-hydrogen) atoms. The van der Waals surface area contributed by atoms with Gasteiger partial charge in [-0.05, 0) is 91.1 Å². The van der Waals surface area contributed by atoms with Gasteiger partial charge in [0.05, 0.1) is 5.69 Å². The van der Waals surface area contributed by atoms with Crippen molar-refractivity contribution in [3.05, 3.63) is 140 Å². The number of benzene rings is 4. The summed E-state index contributed by atoms with van der Waals surface area (Å²) >= 11 is 0. The molecule has 4 heteroatoms. The van der Waals surface area contributed by atoms with Crippen LogP contribution < -0.4 is 15.3 Å². The van der Waals surface area contributed by atoms with E-state index < -0.39 is 10.0 Å². The summed E-state index contributed by atoms with van der Waals surface area (Å²) in [5.74, 6) is 3.55. The van der Waals surface area contributed by atoms with Crippen LogP contribution in [0.5, 0.6) is 0 Å². The van der Waals surface area contributed by atoms with Gasteiger partial charge in [0.25, 0.3) is 0 Å². The Hall–Kier alpha value is -3.89. The third kappa shape index (κ3) is 4.61. The molecule has 2 heterocycles. The molecule has 0 saturated carbocycles. The zero-order chi connectivity index (χ0) is 28.4. The van der Waals surface area contributed by atoms with Crippen LogP contribution in [0.15, 0.2) is 144 Å². The third-order valence-electron chi connectivity index (χ3n) is 8.19. The summed E-state index contributed by atoms with van der Waals surface area (Å²) in [5, 5.41) is 0. The topological polar surface area (TPSA) is 6.48 Å². The van der Waals surface area contributed by atoms with Gasteiger partial charge in [-0.2, -0.15) is 10.0 Å². The number of hydrogen-bond donors (Lipinski definition) is 0. The van der Waals surface area contributed by atoms with Crippen molar-refractivity contribution in [2.24, 2.45) is 0 Å². The lowest BCUT2D eigenvalue weighted by Gasteiger charge is -2.47. The number of allylic oxidation sites excluding steroid dienone is 2. The lowest BCUT2D eigenvalue weighted by molar-refractivity contribution is 1.08. The molecule has 0 aliphatic carbocycles. The molecule has 4 aromatic carbocycles. The Morgan fingerprint density at radius 1 is 0.775 bits per heavy atom. The van der Waals surface area contributed by atoms with Crippen molar-refractivity contribution < 1.29 is 0 Å². The molecule has 2 nitrogen and oxygen atoms in total. The predicted octanol–water partition coefficient (Wildman–Crippen LogP) is 9.63. The number of rotatable bonds is 5. The van der Waals surface area contributed by atoms with Gasteiger partial charge in [-0.1, -0.05) is 73.6 Å². The lowest BCUT2D eigenvalue weighted by atomic mass is 9.39. The van der Waals surface area contributed by atoms with E-state index in [4.69, 9.17) is 0 Å². The maximum Gasteiger partial charge on any atom is 0.214 e. The summed E-state index contributed by atoms with van der Waals surface area (Å²) in [5.41, 5.74) is 10.1. The molecule has 0 amide bonds. The van der Waals surface area contributed by atoms with Gasteiger partial charge in [-0.3, -0.25) is 0 Å². The van der Waals surface area contributed by atoms with Crippen molar-refractivity contribution in [1.82, 2.24) is 0 Å². The molecule has 0 saturated heterocycles. The average molecular weight is 543 g/mol. The zero-order valence-corrected chi connectivity index (χ0v) is 25.0. The molecule has 202 valence electrons. The van der Waals surface area contributed by atoms with Gasteiger partial charge in [0, 0.05) is 33.4 Å². The molecule has 2 aliphatic rings. The first-order valence-electron chi connectivity index (χ1n) is 14.0. The minimum absolute atomic E-state index is 0.311. The molecular formula is C36H39BN2S. The first-order chi connectivity index (χ1) is 19.4. The van der Waals surface area contributed by atoms with Crippen molar-refractivity contribution in [3.63, 3.8) is 0 Å². The van der Waals surface area contributed by atoms with E-state index >= 15 is 0 Å². The second kappa shape index (κ2) is 11.3. The van der Waals surface area contributed by atoms with E-state index in [0.29, 0.717) is 6.71 Å². The minimum Gasteiger partial charge on any atom is -0.316 e. The predicted molar refractivity (Wildman–Crippen MR) is 180 cm³/mol. The molecule has 0 fully saturated rings. The van der Waals surface area contributed by atoms with Gasteiger partial charge in [-0.15, -0.1) is 13.2 Å². The van der Waals surface area contributed by atoms with Crippen LogP contribution in [0.3, 0.4) is 0 Å². The maximum atomic E-state index is 4.57. The highest BCUT2D eigenvalue weighted by Gasteiger charge is 2.40. The van der Waals surface area contributed by atoms with Gasteiger partial charge >= 0.3 is 0 Å². The van der Waals surface area contributed by atoms with E-state index in [0.717, 1.165) is 17.8 Å². The molecule has 1 unspecified atom stereocenters. The zero-order valence-electron chi connectivity index (χ0n) is 24.2. The molecule has 0 aromatic heterocycles. The number of nitrogens with zero attached hydrogens (tertiary/aromatic N) is 2. The normalized spacial score (nSPS) is 16.2. The smallest absolute Gasteiger partial charge is 0.214 e. The fraction of sp³-hybridized carbons (Fsp3) is 0.167. The van der Waals surface area contributed by atoms with E-state index in [2.05, 4.69) is 160 Å². The Morgan fingerprint density at radius 3 is 2.00 bits per heavy atom. The standard InChI is InChI=1S/C34H35BN2S.C2H4/c1-6-38(5,30-15-11-8-12-16-30)32-22-21-31-33-34(32)37(28-13-9-7-10-14-28)27(4)24-35(33)23-26(3)36(31)29-19-17-25(2)18-20-29;1-2/h7-22,24H,3,6,23H2,1-2,4-5H3;1-2H2. The second-order valence-corrected chi connectivity index (χ2v) is 14.2. The Balaban J connectivity index is 0.00000158. The summed E-state index contributed by atoms with van der Waals surface area (Å²) in [6, 6.07) is 35.7. The van der Waals surface area contributed by atoms with E-state index in [9.17, 15) is 0 Å². The number of aryl methyl sites for hydroxylation is 1. The van der Waals surface area contributed by atoms with Crippen LogP contribution in [-0.4, -0.2) is 18.7 Å². The molecule has 4 aromatic rings. The van der Waals surface area contributed by atoms with Crippen LogP contribution in [0.25, 0.3) is 0 Å². The van der Waals surface area contributed by atoms with Crippen molar-refractivity contribution in [2.45, 2.75) is 36.9 Å². The number of hydrogen-bond acceptors (Lipinski definition) is 2. The van der Waals surface area contributed by atoms with Crippen LogP contribution >= 0.6 is 10.0 Å². The van der Waals surface area contributed by atoms with Crippen LogP contribution in [0.2, 0.25) is 6.32 Å². The molecule has 6 rings (SSSR count). The third-order valence-corrected chi connectivity index (χ3v) is 12.0. The molecular weight excluding hydrogens is 503 g/mol. The average Bonchev–Trinajstić information content (AvgIpc) is 2.99. The van der Waals surface area contributed by atoms with Crippen molar-refractivity contribution >= 4 is 45.0 Å². The molecule has 0 bridgehead atoms.